The van der Waals surface area contributed by atoms with E-state index in [9.17, 15) is 4.79 Å². The normalized spacial score (nSPS) is 18.5. The Bertz CT molecular complexity index is 506. The van der Waals surface area contributed by atoms with Gasteiger partial charge in [-0.1, -0.05) is 25.3 Å². The summed E-state index contributed by atoms with van der Waals surface area (Å²) < 4.78 is 5.80. The zero-order valence-electron chi connectivity index (χ0n) is 13.4. The lowest BCUT2D eigenvalue weighted by Gasteiger charge is -2.21. The highest BCUT2D eigenvalue weighted by molar-refractivity contribution is 5.78. The predicted molar refractivity (Wildman–Crippen MR) is 88.2 cm³/mol. The fourth-order valence-corrected chi connectivity index (χ4v) is 3.65. The van der Waals surface area contributed by atoms with Crippen molar-refractivity contribution in [2.24, 2.45) is 5.92 Å². The summed E-state index contributed by atoms with van der Waals surface area (Å²) in [6.07, 6.45) is 10.7. The zero-order valence-corrected chi connectivity index (χ0v) is 13.4. The molecule has 3 rings (SSSR count). The van der Waals surface area contributed by atoms with Gasteiger partial charge in [0.15, 0.2) is 0 Å². The van der Waals surface area contributed by atoms with Crippen molar-refractivity contribution in [1.82, 2.24) is 5.32 Å². The average molecular weight is 301 g/mol. The highest BCUT2D eigenvalue weighted by atomic mass is 16.5. The third-order valence-electron chi connectivity index (χ3n) is 4.97. The maximum absolute atomic E-state index is 12.0. The van der Waals surface area contributed by atoms with Gasteiger partial charge in [0.05, 0.1) is 6.54 Å². The topological polar surface area (TPSA) is 38.3 Å². The number of carbonyl (C=O) groups excluding carboxylic acids is 1. The molecular formula is C19H27NO2. The molecule has 0 spiro atoms. The maximum atomic E-state index is 12.0. The summed E-state index contributed by atoms with van der Waals surface area (Å²) in [6, 6.07) is 6.44. The molecule has 0 aliphatic heterocycles. The van der Waals surface area contributed by atoms with Gasteiger partial charge in [-0.2, -0.15) is 0 Å². The van der Waals surface area contributed by atoms with E-state index in [0.29, 0.717) is 13.2 Å². The van der Waals surface area contributed by atoms with E-state index in [-0.39, 0.29) is 11.8 Å². The molecule has 1 amide bonds. The Hall–Kier alpha value is -1.51. The van der Waals surface area contributed by atoms with E-state index in [1.165, 1.54) is 56.1 Å². The van der Waals surface area contributed by atoms with Crippen LogP contribution >= 0.6 is 0 Å². The van der Waals surface area contributed by atoms with E-state index in [2.05, 4.69) is 23.5 Å². The van der Waals surface area contributed by atoms with Crippen molar-refractivity contribution in [3.63, 3.8) is 0 Å². The first-order valence-corrected chi connectivity index (χ1v) is 8.85. The van der Waals surface area contributed by atoms with Gasteiger partial charge in [-0.25, -0.2) is 0 Å². The van der Waals surface area contributed by atoms with E-state index in [1.54, 1.807) is 0 Å². The summed E-state index contributed by atoms with van der Waals surface area (Å²) >= 11 is 0. The van der Waals surface area contributed by atoms with Crippen LogP contribution in [0.25, 0.3) is 0 Å². The Morgan fingerprint density at radius 3 is 2.64 bits per heavy atom. The SMILES string of the molecule is O=C(NCCOc1ccc2c(c1)CCCC2)C1CCCCC1. The van der Waals surface area contributed by atoms with E-state index < -0.39 is 0 Å². The highest BCUT2D eigenvalue weighted by Gasteiger charge is 2.20. The second kappa shape index (κ2) is 7.66. The van der Waals surface area contributed by atoms with Gasteiger partial charge in [-0.05, 0) is 61.8 Å². The lowest BCUT2D eigenvalue weighted by molar-refractivity contribution is -0.126. The molecule has 0 bridgehead atoms. The smallest absolute Gasteiger partial charge is 0.223 e. The molecule has 120 valence electrons. The molecule has 1 fully saturated rings. The minimum atomic E-state index is 0.216. The van der Waals surface area contributed by atoms with Crippen LogP contribution in [0.15, 0.2) is 18.2 Å². The van der Waals surface area contributed by atoms with Crippen LogP contribution in [0.2, 0.25) is 0 Å². The molecule has 1 saturated carbocycles. The average Bonchev–Trinajstić information content (AvgIpc) is 2.59. The Morgan fingerprint density at radius 1 is 1.05 bits per heavy atom. The van der Waals surface area contributed by atoms with Gasteiger partial charge in [0.25, 0.3) is 0 Å². The number of fused-ring (bicyclic) bond motifs is 1. The van der Waals surface area contributed by atoms with Crippen molar-refractivity contribution >= 4 is 5.91 Å². The molecular weight excluding hydrogens is 274 g/mol. The molecule has 0 heterocycles. The third kappa shape index (κ3) is 4.02. The van der Waals surface area contributed by atoms with Gasteiger partial charge >= 0.3 is 0 Å². The molecule has 0 atom stereocenters. The predicted octanol–water partition coefficient (Wildman–Crippen LogP) is 3.64. The standard InChI is InChI=1S/C19H27NO2/c21-19(16-7-2-1-3-8-16)20-12-13-22-18-11-10-15-6-4-5-9-17(15)14-18/h10-11,14,16H,1-9,12-13H2,(H,20,21). The maximum Gasteiger partial charge on any atom is 0.223 e. The van der Waals surface area contributed by atoms with Crippen LogP contribution in [-0.4, -0.2) is 19.1 Å². The van der Waals surface area contributed by atoms with Crippen LogP contribution < -0.4 is 10.1 Å². The largest absolute Gasteiger partial charge is 0.492 e. The molecule has 2 aliphatic carbocycles. The van der Waals surface area contributed by atoms with Crippen LogP contribution in [0.3, 0.4) is 0 Å². The number of amides is 1. The van der Waals surface area contributed by atoms with Crippen molar-refractivity contribution in [3.8, 4) is 5.75 Å². The van der Waals surface area contributed by atoms with Gasteiger partial charge in [-0.15, -0.1) is 0 Å². The van der Waals surface area contributed by atoms with Gasteiger partial charge in [0.1, 0.15) is 12.4 Å². The first kappa shape index (κ1) is 15.4. The summed E-state index contributed by atoms with van der Waals surface area (Å²) in [5, 5.41) is 3.02. The van der Waals surface area contributed by atoms with E-state index in [1.807, 2.05) is 0 Å². The number of aryl methyl sites for hydroxylation is 2. The Balaban J connectivity index is 1.40. The van der Waals surface area contributed by atoms with E-state index in [4.69, 9.17) is 4.74 Å². The monoisotopic (exact) mass is 301 g/mol. The summed E-state index contributed by atoms with van der Waals surface area (Å²) in [6.45, 7) is 1.16. The number of rotatable bonds is 5. The van der Waals surface area contributed by atoms with Crippen LogP contribution in [0, 0.1) is 5.92 Å². The summed E-state index contributed by atoms with van der Waals surface area (Å²) in [5.74, 6) is 1.39. The van der Waals surface area contributed by atoms with Crippen LogP contribution in [0.4, 0.5) is 0 Å². The molecule has 0 radical (unpaired) electrons. The van der Waals surface area contributed by atoms with Gasteiger partial charge in [0, 0.05) is 5.92 Å². The van der Waals surface area contributed by atoms with Crippen LogP contribution in [0.1, 0.15) is 56.1 Å². The zero-order chi connectivity index (χ0) is 15.2. The van der Waals surface area contributed by atoms with Crippen LogP contribution in [0.5, 0.6) is 5.75 Å². The van der Waals surface area contributed by atoms with Crippen molar-refractivity contribution in [1.29, 1.82) is 0 Å². The molecule has 1 aromatic rings. The quantitative estimate of drug-likeness (QED) is 0.843. The fraction of sp³-hybridized carbons (Fsp3) is 0.632. The number of nitrogens with one attached hydrogen (secondary N) is 1. The Kier molecular flexibility index (Phi) is 5.36. The highest BCUT2D eigenvalue weighted by Crippen LogP contribution is 2.25. The number of ether oxygens (including phenoxy) is 1. The molecule has 22 heavy (non-hydrogen) atoms. The molecule has 3 heteroatoms. The molecule has 1 aromatic carbocycles. The first-order chi connectivity index (χ1) is 10.8. The van der Waals surface area contributed by atoms with Gasteiger partial charge in [-0.3, -0.25) is 4.79 Å². The summed E-state index contributed by atoms with van der Waals surface area (Å²) in [4.78, 5) is 12.0. The van der Waals surface area contributed by atoms with Gasteiger partial charge in [0.2, 0.25) is 5.91 Å². The minimum Gasteiger partial charge on any atom is -0.492 e. The third-order valence-corrected chi connectivity index (χ3v) is 4.97. The van der Waals surface area contributed by atoms with Gasteiger partial charge < -0.3 is 10.1 Å². The van der Waals surface area contributed by atoms with Crippen molar-refractivity contribution in [2.45, 2.75) is 57.8 Å². The molecule has 0 aromatic heterocycles. The molecule has 0 unspecified atom stereocenters. The molecule has 0 saturated heterocycles. The number of hydrogen-bond acceptors (Lipinski definition) is 2. The number of benzene rings is 1. The summed E-state index contributed by atoms with van der Waals surface area (Å²) in [5.41, 5.74) is 2.92. The van der Waals surface area contributed by atoms with Crippen LogP contribution in [-0.2, 0) is 17.6 Å². The Labute approximate surface area is 133 Å². The lowest BCUT2D eigenvalue weighted by Crippen LogP contribution is -2.34. The minimum absolute atomic E-state index is 0.216. The summed E-state index contributed by atoms with van der Waals surface area (Å²) in [7, 11) is 0. The van der Waals surface area contributed by atoms with E-state index in [0.717, 1.165) is 18.6 Å². The second-order valence-corrected chi connectivity index (χ2v) is 6.61. The second-order valence-electron chi connectivity index (χ2n) is 6.61. The lowest BCUT2D eigenvalue weighted by atomic mass is 9.89. The van der Waals surface area contributed by atoms with E-state index >= 15 is 0 Å². The molecule has 2 aliphatic rings. The Morgan fingerprint density at radius 2 is 1.82 bits per heavy atom. The van der Waals surface area contributed by atoms with Crippen molar-refractivity contribution < 1.29 is 9.53 Å². The first-order valence-electron chi connectivity index (χ1n) is 8.85. The van der Waals surface area contributed by atoms with Crippen molar-refractivity contribution in [3.05, 3.63) is 29.3 Å². The fourth-order valence-electron chi connectivity index (χ4n) is 3.65. The molecule has 3 nitrogen and oxygen atoms in total. The number of carbonyl (C=O) groups is 1. The number of hydrogen-bond donors (Lipinski definition) is 1. The molecule has 1 N–H and O–H groups in total. The van der Waals surface area contributed by atoms with Crippen molar-refractivity contribution in [2.75, 3.05) is 13.2 Å².